The van der Waals surface area contributed by atoms with Crippen molar-refractivity contribution in [2.24, 2.45) is 0 Å². The molecular formula is C27H29F2N3O4. The third-order valence-corrected chi connectivity index (χ3v) is 7.36. The van der Waals surface area contributed by atoms with Crippen LogP contribution in [0.3, 0.4) is 0 Å². The molecule has 2 heterocycles. The molecule has 0 saturated heterocycles. The highest BCUT2D eigenvalue weighted by Crippen LogP contribution is 2.50. The number of aromatic amines is 1. The molecule has 1 aliphatic carbocycles. The number of halogens is 2. The van der Waals surface area contributed by atoms with Crippen molar-refractivity contribution >= 4 is 27.8 Å². The van der Waals surface area contributed by atoms with Crippen LogP contribution >= 0.6 is 0 Å². The number of rotatable bonds is 7. The standard InChI is InChI=1S/C27H29F2N3O4/c1-26(2,14-35-3)24-23(15-7-8-27(29,12-15)25(33)34)18-11-20-16(13-30-31-20)9-21(18)32(24)17-5-6-19(28)22(10-17)36-4/h5-6,9-11,13,15H,7-8,12,14H2,1-4H3,(H,30,31)(H,33,34)/t15?,27-/m0/s1. The Balaban J connectivity index is 1.88. The van der Waals surface area contributed by atoms with Gasteiger partial charge in [-0.1, -0.05) is 13.8 Å². The van der Waals surface area contributed by atoms with Crippen LogP contribution in [0, 0.1) is 5.82 Å². The van der Waals surface area contributed by atoms with Crippen LogP contribution in [-0.4, -0.2) is 52.3 Å². The third kappa shape index (κ3) is 3.73. The van der Waals surface area contributed by atoms with Crippen molar-refractivity contribution in [1.29, 1.82) is 0 Å². The average Bonchev–Trinajstić information content (AvgIpc) is 3.53. The smallest absolute Gasteiger partial charge is 0.341 e. The van der Waals surface area contributed by atoms with Crippen LogP contribution < -0.4 is 4.74 Å². The number of methoxy groups -OCH3 is 2. The number of carboxylic acid groups (broad SMARTS) is 1. The molecule has 4 aromatic rings. The second kappa shape index (κ2) is 8.58. The van der Waals surface area contributed by atoms with Crippen molar-refractivity contribution in [3.8, 4) is 11.4 Å². The van der Waals surface area contributed by atoms with E-state index < -0.39 is 22.9 Å². The van der Waals surface area contributed by atoms with Gasteiger partial charge in [0.2, 0.25) is 5.67 Å². The maximum absolute atomic E-state index is 15.3. The summed E-state index contributed by atoms with van der Waals surface area (Å²) in [6, 6.07) is 8.65. The third-order valence-electron chi connectivity index (χ3n) is 7.36. The SMILES string of the molecule is COCC(C)(C)c1c(C2CC[C@@](F)(C(=O)O)C2)c2cc3[nH]ncc3cc2n1-c1ccc(F)c(OC)c1. The molecule has 0 aliphatic heterocycles. The molecule has 190 valence electrons. The fourth-order valence-electron chi connectivity index (χ4n) is 5.75. The Morgan fingerprint density at radius 1 is 1.31 bits per heavy atom. The number of hydrogen-bond acceptors (Lipinski definition) is 4. The van der Waals surface area contributed by atoms with Crippen molar-refractivity contribution in [1.82, 2.24) is 14.8 Å². The lowest BCUT2D eigenvalue weighted by Crippen LogP contribution is -2.31. The lowest BCUT2D eigenvalue weighted by Gasteiger charge is -2.29. The Morgan fingerprint density at radius 2 is 2.08 bits per heavy atom. The number of carbonyl (C=O) groups is 1. The topological polar surface area (TPSA) is 89.4 Å². The lowest BCUT2D eigenvalue weighted by molar-refractivity contribution is -0.150. The van der Waals surface area contributed by atoms with Gasteiger partial charge in [-0.2, -0.15) is 5.10 Å². The molecule has 7 nitrogen and oxygen atoms in total. The molecule has 1 unspecified atom stereocenters. The summed E-state index contributed by atoms with van der Waals surface area (Å²) in [5, 5.41) is 18.5. The van der Waals surface area contributed by atoms with Crippen molar-refractivity contribution in [3.63, 3.8) is 0 Å². The van der Waals surface area contributed by atoms with Gasteiger partial charge in [-0.15, -0.1) is 0 Å². The predicted octanol–water partition coefficient (Wildman–Crippen LogP) is 5.64. The molecule has 0 amide bonds. The number of ether oxygens (including phenoxy) is 2. The molecule has 36 heavy (non-hydrogen) atoms. The highest BCUT2D eigenvalue weighted by atomic mass is 19.1. The molecule has 2 atom stereocenters. The number of aliphatic carboxylic acids is 1. The van der Waals surface area contributed by atoms with Crippen molar-refractivity contribution < 1.29 is 28.2 Å². The molecular weight excluding hydrogens is 468 g/mol. The van der Waals surface area contributed by atoms with Gasteiger partial charge in [-0.05, 0) is 55.0 Å². The zero-order valence-corrected chi connectivity index (χ0v) is 20.7. The van der Waals surface area contributed by atoms with E-state index in [0.29, 0.717) is 18.7 Å². The molecule has 1 saturated carbocycles. The van der Waals surface area contributed by atoms with Gasteiger partial charge in [0.1, 0.15) is 0 Å². The van der Waals surface area contributed by atoms with Gasteiger partial charge >= 0.3 is 5.97 Å². The number of nitrogens with zero attached hydrogens (tertiary/aromatic N) is 2. The summed E-state index contributed by atoms with van der Waals surface area (Å²) >= 11 is 0. The largest absolute Gasteiger partial charge is 0.494 e. The minimum Gasteiger partial charge on any atom is -0.494 e. The molecule has 9 heteroatoms. The van der Waals surface area contributed by atoms with Crippen LogP contribution in [0.2, 0.25) is 0 Å². The van der Waals surface area contributed by atoms with E-state index in [1.807, 2.05) is 30.5 Å². The van der Waals surface area contributed by atoms with Crippen molar-refractivity contribution in [3.05, 3.63) is 53.6 Å². The molecule has 1 fully saturated rings. The Labute approximate surface area is 207 Å². The number of H-pyrrole nitrogens is 1. The van der Waals surface area contributed by atoms with E-state index in [9.17, 15) is 14.3 Å². The van der Waals surface area contributed by atoms with E-state index in [2.05, 4.69) is 10.2 Å². The highest BCUT2D eigenvalue weighted by molar-refractivity contribution is 5.99. The van der Waals surface area contributed by atoms with E-state index in [4.69, 9.17) is 9.47 Å². The summed E-state index contributed by atoms with van der Waals surface area (Å²) in [5.41, 5.74) is 1.24. The van der Waals surface area contributed by atoms with Crippen LogP contribution in [0.5, 0.6) is 5.75 Å². The van der Waals surface area contributed by atoms with Gasteiger partial charge in [0, 0.05) is 40.7 Å². The van der Waals surface area contributed by atoms with Gasteiger partial charge in [0.25, 0.3) is 0 Å². The minimum atomic E-state index is -2.28. The molecule has 0 bridgehead atoms. The summed E-state index contributed by atoms with van der Waals surface area (Å²) < 4.78 is 42.6. The number of alkyl halides is 1. The number of nitrogens with one attached hydrogen (secondary N) is 1. The lowest BCUT2D eigenvalue weighted by atomic mass is 9.82. The van der Waals surface area contributed by atoms with E-state index in [-0.39, 0.29) is 24.5 Å². The summed E-state index contributed by atoms with van der Waals surface area (Å²) in [7, 11) is 3.04. The van der Waals surface area contributed by atoms with E-state index >= 15 is 4.39 Å². The van der Waals surface area contributed by atoms with Gasteiger partial charge in [0.05, 0.1) is 30.9 Å². The van der Waals surface area contributed by atoms with Gasteiger partial charge < -0.3 is 19.1 Å². The number of benzene rings is 2. The second-order valence-corrected chi connectivity index (χ2v) is 10.3. The van der Waals surface area contributed by atoms with Crippen molar-refractivity contribution in [2.75, 3.05) is 20.8 Å². The Bertz CT molecular complexity index is 1470. The monoisotopic (exact) mass is 497 g/mol. The first kappa shape index (κ1) is 24.2. The fraction of sp³-hybridized carbons (Fsp3) is 0.407. The van der Waals surface area contributed by atoms with E-state index in [0.717, 1.165) is 33.1 Å². The first-order valence-corrected chi connectivity index (χ1v) is 11.9. The Hall–Kier alpha value is -3.46. The zero-order chi connectivity index (χ0) is 25.8. The van der Waals surface area contributed by atoms with Gasteiger partial charge in [0.15, 0.2) is 11.6 Å². The molecule has 2 aromatic carbocycles. The van der Waals surface area contributed by atoms with Crippen LogP contribution in [-0.2, 0) is 14.9 Å². The number of aromatic nitrogens is 3. The van der Waals surface area contributed by atoms with Crippen LogP contribution in [0.15, 0.2) is 36.5 Å². The number of carboxylic acids is 1. The average molecular weight is 498 g/mol. The summed E-state index contributed by atoms with van der Waals surface area (Å²) in [6.45, 7) is 4.43. The highest BCUT2D eigenvalue weighted by Gasteiger charge is 2.48. The van der Waals surface area contributed by atoms with E-state index in [1.165, 1.54) is 13.2 Å². The van der Waals surface area contributed by atoms with Crippen LogP contribution in [0.25, 0.3) is 27.5 Å². The molecule has 5 rings (SSSR count). The quantitative estimate of drug-likeness (QED) is 0.345. The summed E-state index contributed by atoms with van der Waals surface area (Å²) in [4.78, 5) is 11.8. The predicted molar refractivity (Wildman–Crippen MR) is 132 cm³/mol. The maximum Gasteiger partial charge on any atom is 0.341 e. The number of fused-ring (bicyclic) bond motifs is 2. The first-order valence-electron chi connectivity index (χ1n) is 11.9. The first-order chi connectivity index (χ1) is 17.1. The van der Waals surface area contributed by atoms with Crippen LogP contribution in [0.1, 0.15) is 50.3 Å². The molecule has 1 aliphatic rings. The molecule has 2 aromatic heterocycles. The van der Waals surface area contributed by atoms with Gasteiger partial charge in [-0.3, -0.25) is 5.10 Å². The normalized spacial score (nSPS) is 20.4. The maximum atomic E-state index is 15.3. The molecule has 2 N–H and O–H groups in total. The Kier molecular flexibility index (Phi) is 5.78. The molecule has 0 radical (unpaired) electrons. The zero-order valence-electron chi connectivity index (χ0n) is 20.7. The summed E-state index contributed by atoms with van der Waals surface area (Å²) in [6.07, 6.45) is 1.95. The number of hydrogen-bond donors (Lipinski definition) is 2. The second-order valence-electron chi connectivity index (χ2n) is 10.3. The Morgan fingerprint density at radius 3 is 2.75 bits per heavy atom. The molecule has 0 spiro atoms. The van der Waals surface area contributed by atoms with Crippen LogP contribution in [0.4, 0.5) is 8.78 Å². The van der Waals surface area contributed by atoms with Gasteiger partial charge in [-0.25, -0.2) is 13.6 Å². The minimum absolute atomic E-state index is 0.0551. The van der Waals surface area contributed by atoms with Crippen molar-refractivity contribution in [2.45, 2.75) is 50.1 Å². The van der Waals surface area contributed by atoms with E-state index in [1.54, 1.807) is 25.4 Å². The fourth-order valence-corrected chi connectivity index (χ4v) is 5.75. The summed E-state index contributed by atoms with van der Waals surface area (Å²) in [5.74, 6) is -2.13.